The molecule has 2 aromatic rings. The smallest absolute Gasteiger partial charge is 0.263 e. The van der Waals surface area contributed by atoms with Gasteiger partial charge >= 0.3 is 0 Å². The van der Waals surface area contributed by atoms with Crippen molar-refractivity contribution in [3.63, 3.8) is 0 Å². The summed E-state index contributed by atoms with van der Waals surface area (Å²) in [6, 6.07) is 6.37. The maximum Gasteiger partial charge on any atom is 0.263 e. The van der Waals surface area contributed by atoms with Crippen LogP contribution in [0.3, 0.4) is 0 Å². The first kappa shape index (κ1) is 20.0. The van der Waals surface area contributed by atoms with Crippen LogP contribution in [0.2, 0.25) is 0 Å². The minimum atomic E-state index is -3.70. The van der Waals surface area contributed by atoms with Gasteiger partial charge in [-0.2, -0.15) is 0 Å². The van der Waals surface area contributed by atoms with Crippen molar-refractivity contribution in [2.75, 3.05) is 10.0 Å². The lowest BCUT2D eigenvalue weighted by molar-refractivity contribution is -0.165. The zero-order chi connectivity index (χ0) is 21.2. The Morgan fingerprint density at radius 3 is 2.30 bits per heavy atom. The van der Waals surface area contributed by atoms with Crippen LogP contribution in [0.15, 0.2) is 40.7 Å². The van der Waals surface area contributed by atoms with Gasteiger partial charge in [-0.05, 0) is 79.5 Å². The van der Waals surface area contributed by atoms with E-state index in [1.165, 1.54) is 42.7 Å². The van der Waals surface area contributed by atoms with Crippen molar-refractivity contribution >= 4 is 38.1 Å². The molecule has 1 amide bonds. The number of thiazole rings is 1. The molecular formula is C22H27N3O3S2. The highest BCUT2D eigenvalue weighted by Crippen LogP contribution is 2.69. The zero-order valence-electron chi connectivity index (χ0n) is 17.3. The molecule has 0 radical (unpaired) electrons. The largest absolute Gasteiger partial charge is 0.326 e. The fraction of sp³-hybridized carbons (Fsp3) is 0.545. The highest BCUT2D eigenvalue weighted by Gasteiger charge is 2.62. The van der Waals surface area contributed by atoms with E-state index in [9.17, 15) is 13.2 Å². The van der Waals surface area contributed by atoms with E-state index in [4.69, 9.17) is 0 Å². The topological polar surface area (TPSA) is 88.2 Å². The number of nitrogens with one attached hydrogen (secondary N) is 2. The Morgan fingerprint density at radius 2 is 1.73 bits per heavy atom. The number of anilines is 2. The zero-order valence-corrected chi connectivity index (χ0v) is 18.9. The molecule has 1 aromatic carbocycles. The first-order valence-electron chi connectivity index (χ1n) is 10.4. The van der Waals surface area contributed by atoms with Gasteiger partial charge in [0, 0.05) is 17.3 Å². The number of amides is 1. The normalized spacial score (nSPS) is 34.7. The molecule has 8 heteroatoms. The van der Waals surface area contributed by atoms with Gasteiger partial charge in [0.2, 0.25) is 5.91 Å². The van der Waals surface area contributed by atoms with E-state index in [-0.39, 0.29) is 27.0 Å². The number of nitrogens with zero attached hydrogens (tertiary/aromatic N) is 1. The number of hydrogen-bond donors (Lipinski definition) is 2. The van der Waals surface area contributed by atoms with Gasteiger partial charge in [0.05, 0.1) is 10.3 Å². The predicted octanol–water partition coefficient (Wildman–Crippen LogP) is 4.88. The van der Waals surface area contributed by atoms with Gasteiger partial charge in [-0.15, -0.1) is 11.3 Å². The monoisotopic (exact) mass is 445 g/mol. The van der Waals surface area contributed by atoms with Crippen LogP contribution < -0.4 is 10.0 Å². The predicted molar refractivity (Wildman–Crippen MR) is 118 cm³/mol. The summed E-state index contributed by atoms with van der Waals surface area (Å²) in [6.07, 6.45) is 8.17. The van der Waals surface area contributed by atoms with Gasteiger partial charge < -0.3 is 5.32 Å². The second kappa shape index (κ2) is 6.53. The van der Waals surface area contributed by atoms with Crippen molar-refractivity contribution in [3.8, 4) is 0 Å². The van der Waals surface area contributed by atoms with Crippen molar-refractivity contribution in [2.24, 2.45) is 22.2 Å². The van der Waals surface area contributed by atoms with E-state index in [1.54, 1.807) is 23.7 Å². The summed E-state index contributed by atoms with van der Waals surface area (Å²) in [6.45, 7) is 4.71. The molecule has 0 spiro atoms. The van der Waals surface area contributed by atoms with Crippen molar-refractivity contribution in [3.05, 3.63) is 35.8 Å². The van der Waals surface area contributed by atoms with E-state index in [0.717, 1.165) is 19.3 Å². The van der Waals surface area contributed by atoms with Crippen LogP contribution >= 0.6 is 11.3 Å². The number of carbonyl (C=O) groups excluding carboxylic acids is 1. The summed E-state index contributed by atoms with van der Waals surface area (Å²) in [5.74, 6) is 0.743. The molecule has 6 rings (SSSR count). The van der Waals surface area contributed by atoms with E-state index >= 15 is 0 Å². The number of sulfonamides is 1. The van der Waals surface area contributed by atoms with Gasteiger partial charge in [-0.1, -0.05) is 13.8 Å². The van der Waals surface area contributed by atoms with Crippen LogP contribution in [0.25, 0.3) is 0 Å². The molecule has 2 N–H and O–H groups in total. The van der Waals surface area contributed by atoms with Crippen LogP contribution in [0.5, 0.6) is 0 Å². The molecule has 4 aliphatic rings. The molecular weight excluding hydrogens is 418 g/mol. The standard InChI is InChI=1S/C22H27N3O3S2/c1-20-9-15-10-21(2,12-20)14-22(11-15,13-20)18(26)24-16-3-5-17(6-4-16)30(27,28)25-19-23-7-8-29-19/h3-8,15H,9-14H2,1-2H3,(H,23,25)(H,24,26)/t15?,20-,21-,22?/m0/s1. The number of aromatic nitrogens is 1. The quantitative estimate of drug-likeness (QED) is 0.687. The second-order valence-electron chi connectivity index (χ2n) is 10.3. The van der Waals surface area contributed by atoms with Crippen molar-refractivity contribution in [2.45, 2.75) is 57.3 Å². The van der Waals surface area contributed by atoms with Crippen molar-refractivity contribution in [1.82, 2.24) is 4.98 Å². The van der Waals surface area contributed by atoms with E-state index in [2.05, 4.69) is 28.9 Å². The van der Waals surface area contributed by atoms with Gasteiger partial charge in [0.1, 0.15) is 0 Å². The Kier molecular flexibility index (Phi) is 4.35. The molecule has 0 aliphatic heterocycles. The Morgan fingerprint density at radius 1 is 1.07 bits per heavy atom. The number of rotatable bonds is 5. The third-order valence-corrected chi connectivity index (χ3v) is 9.36. The van der Waals surface area contributed by atoms with Crippen LogP contribution in [0.4, 0.5) is 10.8 Å². The van der Waals surface area contributed by atoms with Crippen LogP contribution in [0, 0.1) is 22.2 Å². The Hall–Kier alpha value is -1.93. The molecule has 160 valence electrons. The van der Waals surface area contributed by atoms with Crippen molar-refractivity contribution in [1.29, 1.82) is 0 Å². The maximum atomic E-state index is 13.4. The van der Waals surface area contributed by atoms with Gasteiger partial charge in [0.25, 0.3) is 10.0 Å². The number of hydrogen-bond acceptors (Lipinski definition) is 5. The van der Waals surface area contributed by atoms with E-state index in [0.29, 0.717) is 16.7 Å². The summed E-state index contributed by atoms with van der Waals surface area (Å²) in [7, 11) is -3.70. The Labute approximate surface area is 181 Å². The van der Waals surface area contributed by atoms with Gasteiger partial charge in [-0.3, -0.25) is 9.52 Å². The summed E-state index contributed by atoms with van der Waals surface area (Å²) in [5.41, 5.74) is 0.884. The molecule has 1 heterocycles. The lowest BCUT2D eigenvalue weighted by Crippen LogP contribution is -2.58. The first-order chi connectivity index (χ1) is 14.1. The summed E-state index contributed by atoms with van der Waals surface area (Å²) in [5, 5.41) is 5.13. The lowest BCUT2D eigenvalue weighted by atomic mass is 9.40. The average molecular weight is 446 g/mol. The minimum absolute atomic E-state index is 0.0977. The first-order valence-corrected chi connectivity index (χ1v) is 12.8. The SMILES string of the molecule is C[C@@]12CC3CC(C(=O)Nc4ccc(S(=O)(=O)Nc5nccs5)cc4)(C1)C[C@@](C)(C3)C2. The summed E-state index contributed by atoms with van der Waals surface area (Å²) >= 11 is 1.22. The Bertz CT molecular complexity index is 1060. The summed E-state index contributed by atoms with van der Waals surface area (Å²) < 4.78 is 27.5. The van der Waals surface area contributed by atoms with Crippen molar-refractivity contribution < 1.29 is 13.2 Å². The van der Waals surface area contributed by atoms with E-state index in [1.807, 2.05) is 0 Å². The molecule has 4 saturated carbocycles. The fourth-order valence-corrected chi connectivity index (χ4v) is 8.92. The maximum absolute atomic E-state index is 13.4. The van der Waals surface area contributed by atoms with Gasteiger partial charge in [-0.25, -0.2) is 13.4 Å². The van der Waals surface area contributed by atoms with Crippen LogP contribution in [-0.4, -0.2) is 19.3 Å². The molecule has 1 aromatic heterocycles. The van der Waals surface area contributed by atoms with E-state index < -0.39 is 10.0 Å². The molecule has 0 saturated heterocycles. The highest BCUT2D eigenvalue weighted by molar-refractivity contribution is 7.93. The fourth-order valence-electron chi connectivity index (χ4n) is 7.13. The highest BCUT2D eigenvalue weighted by atomic mass is 32.2. The lowest BCUT2D eigenvalue weighted by Gasteiger charge is -2.64. The third-order valence-electron chi connectivity index (χ3n) is 7.18. The molecule has 6 nitrogen and oxygen atoms in total. The minimum Gasteiger partial charge on any atom is -0.326 e. The molecule has 4 aliphatic carbocycles. The van der Waals surface area contributed by atoms with Crippen LogP contribution in [-0.2, 0) is 14.8 Å². The Balaban J connectivity index is 1.32. The third kappa shape index (κ3) is 3.43. The molecule has 0 unspecified atom stereocenters. The summed E-state index contributed by atoms with van der Waals surface area (Å²) in [4.78, 5) is 17.5. The number of carbonyl (C=O) groups is 1. The van der Waals surface area contributed by atoms with Gasteiger partial charge in [0.15, 0.2) is 5.13 Å². The number of benzene rings is 1. The second-order valence-corrected chi connectivity index (χ2v) is 12.9. The molecule has 2 atom stereocenters. The molecule has 4 fully saturated rings. The molecule has 30 heavy (non-hydrogen) atoms. The average Bonchev–Trinajstić information content (AvgIpc) is 3.11. The van der Waals surface area contributed by atoms with Crippen LogP contribution in [0.1, 0.15) is 52.4 Å². The molecule has 4 bridgehead atoms.